The fourth-order valence-corrected chi connectivity index (χ4v) is 1.51. The Morgan fingerprint density at radius 2 is 1.73 bits per heavy atom. The normalized spacial score (nSPS) is 10.2. The number of aromatic nitrogens is 1. The van der Waals surface area contributed by atoms with Gasteiger partial charge >= 0.3 is 0 Å². The summed E-state index contributed by atoms with van der Waals surface area (Å²) in [4.78, 5) is 4.27. The van der Waals surface area contributed by atoms with E-state index in [1.165, 1.54) is 11.1 Å². The first-order chi connectivity index (χ1) is 7.38. The molecule has 76 valence electrons. The van der Waals surface area contributed by atoms with Crippen molar-refractivity contribution in [3.63, 3.8) is 0 Å². The van der Waals surface area contributed by atoms with Crippen molar-refractivity contribution in [1.29, 1.82) is 0 Å². The Hall–Kier alpha value is -1.67. The Balaban J connectivity index is 2.11. The van der Waals surface area contributed by atoms with Crippen molar-refractivity contribution >= 4 is 0 Å². The Labute approximate surface area is 89.8 Å². The minimum Gasteiger partial charge on any atom is -0.325 e. The molecule has 0 aliphatic carbocycles. The van der Waals surface area contributed by atoms with Gasteiger partial charge in [-0.2, -0.15) is 0 Å². The van der Waals surface area contributed by atoms with Gasteiger partial charge in [0.15, 0.2) is 0 Å². The maximum atomic E-state index is 5.49. The highest BCUT2D eigenvalue weighted by Crippen LogP contribution is 2.08. The summed E-state index contributed by atoms with van der Waals surface area (Å²) in [6.45, 7) is 0.506. The third-order valence-corrected chi connectivity index (χ3v) is 2.35. The second-order valence-corrected chi connectivity index (χ2v) is 3.52. The zero-order chi connectivity index (χ0) is 10.5. The summed E-state index contributed by atoms with van der Waals surface area (Å²) in [6, 6.07) is 14.4. The van der Waals surface area contributed by atoms with Crippen molar-refractivity contribution < 1.29 is 0 Å². The lowest BCUT2D eigenvalue weighted by atomic mass is 10.1. The SMILES string of the molecule is NCc1ccc(Cc2ccccc2)cn1. The number of pyridine rings is 1. The van der Waals surface area contributed by atoms with Crippen LogP contribution in [0, 0.1) is 0 Å². The van der Waals surface area contributed by atoms with Gasteiger partial charge < -0.3 is 5.73 Å². The molecule has 1 heterocycles. The molecule has 0 amide bonds. The molecule has 0 radical (unpaired) electrons. The topological polar surface area (TPSA) is 38.9 Å². The predicted octanol–water partition coefficient (Wildman–Crippen LogP) is 2.13. The number of nitrogens with zero attached hydrogens (tertiary/aromatic N) is 1. The van der Waals surface area contributed by atoms with E-state index >= 15 is 0 Å². The molecule has 0 saturated heterocycles. The lowest BCUT2D eigenvalue weighted by Crippen LogP contribution is -1.99. The maximum absolute atomic E-state index is 5.49. The largest absolute Gasteiger partial charge is 0.325 e. The van der Waals surface area contributed by atoms with Gasteiger partial charge in [0.05, 0.1) is 5.69 Å². The van der Waals surface area contributed by atoms with Crippen LogP contribution in [-0.2, 0) is 13.0 Å². The number of rotatable bonds is 3. The highest BCUT2D eigenvalue weighted by Gasteiger charge is 1.96. The second-order valence-electron chi connectivity index (χ2n) is 3.52. The number of hydrogen-bond donors (Lipinski definition) is 1. The molecule has 2 heteroatoms. The van der Waals surface area contributed by atoms with Crippen LogP contribution in [0.3, 0.4) is 0 Å². The minimum absolute atomic E-state index is 0.506. The summed E-state index contributed by atoms with van der Waals surface area (Å²) in [5.74, 6) is 0. The molecular weight excluding hydrogens is 184 g/mol. The van der Waals surface area contributed by atoms with E-state index in [1.54, 1.807) is 0 Å². The van der Waals surface area contributed by atoms with E-state index < -0.39 is 0 Å². The van der Waals surface area contributed by atoms with E-state index in [-0.39, 0.29) is 0 Å². The first-order valence-corrected chi connectivity index (χ1v) is 5.06. The van der Waals surface area contributed by atoms with Crippen molar-refractivity contribution in [2.24, 2.45) is 5.73 Å². The molecule has 0 aliphatic rings. The summed E-state index contributed by atoms with van der Waals surface area (Å²) in [5.41, 5.74) is 8.95. The summed E-state index contributed by atoms with van der Waals surface area (Å²) < 4.78 is 0. The molecule has 0 fully saturated rings. The van der Waals surface area contributed by atoms with Gasteiger partial charge in [-0.1, -0.05) is 36.4 Å². The Bertz CT molecular complexity index is 406. The first-order valence-electron chi connectivity index (χ1n) is 5.06. The fourth-order valence-electron chi connectivity index (χ4n) is 1.51. The number of nitrogens with two attached hydrogens (primary N) is 1. The molecule has 2 N–H and O–H groups in total. The second kappa shape index (κ2) is 4.71. The van der Waals surface area contributed by atoms with Gasteiger partial charge in [0.25, 0.3) is 0 Å². The zero-order valence-electron chi connectivity index (χ0n) is 8.56. The van der Waals surface area contributed by atoms with Crippen molar-refractivity contribution in [3.05, 3.63) is 65.5 Å². The highest BCUT2D eigenvalue weighted by molar-refractivity contribution is 5.24. The molecular formula is C13H14N2. The predicted molar refractivity (Wildman–Crippen MR) is 61.4 cm³/mol. The monoisotopic (exact) mass is 198 g/mol. The van der Waals surface area contributed by atoms with Crippen LogP contribution in [0.4, 0.5) is 0 Å². The lowest BCUT2D eigenvalue weighted by Gasteiger charge is -2.02. The number of hydrogen-bond acceptors (Lipinski definition) is 2. The molecule has 2 rings (SSSR count). The average Bonchev–Trinajstić information content (AvgIpc) is 2.31. The van der Waals surface area contributed by atoms with E-state index in [9.17, 15) is 0 Å². The molecule has 0 unspecified atom stereocenters. The van der Waals surface area contributed by atoms with Gasteiger partial charge in [-0.3, -0.25) is 4.98 Å². The quantitative estimate of drug-likeness (QED) is 0.820. The number of benzene rings is 1. The van der Waals surface area contributed by atoms with E-state index in [4.69, 9.17) is 5.73 Å². The summed E-state index contributed by atoms with van der Waals surface area (Å²) in [6.07, 6.45) is 2.83. The zero-order valence-corrected chi connectivity index (χ0v) is 8.56. The molecule has 1 aromatic heterocycles. The van der Waals surface area contributed by atoms with Gasteiger partial charge in [-0.25, -0.2) is 0 Å². The van der Waals surface area contributed by atoms with Crippen LogP contribution in [0.5, 0.6) is 0 Å². The molecule has 1 aromatic carbocycles. The molecule has 0 aliphatic heterocycles. The Morgan fingerprint density at radius 3 is 2.33 bits per heavy atom. The molecule has 2 nitrogen and oxygen atoms in total. The van der Waals surface area contributed by atoms with Gasteiger partial charge in [-0.15, -0.1) is 0 Å². The van der Waals surface area contributed by atoms with E-state index in [2.05, 4.69) is 35.3 Å². The van der Waals surface area contributed by atoms with Crippen LogP contribution in [0.15, 0.2) is 48.7 Å². The summed E-state index contributed by atoms with van der Waals surface area (Å²) in [7, 11) is 0. The smallest absolute Gasteiger partial charge is 0.0539 e. The standard InChI is InChI=1S/C13H14N2/c14-9-13-7-6-12(10-15-13)8-11-4-2-1-3-5-11/h1-7,10H,8-9,14H2. The molecule has 2 aromatic rings. The van der Waals surface area contributed by atoms with Gasteiger partial charge in [-0.05, 0) is 23.6 Å². The van der Waals surface area contributed by atoms with Gasteiger partial charge in [0.1, 0.15) is 0 Å². The maximum Gasteiger partial charge on any atom is 0.0539 e. The first kappa shape index (κ1) is 9.87. The Kier molecular flexibility index (Phi) is 3.10. The van der Waals surface area contributed by atoms with E-state index in [0.29, 0.717) is 6.54 Å². The van der Waals surface area contributed by atoms with Crippen LogP contribution in [0.1, 0.15) is 16.8 Å². The van der Waals surface area contributed by atoms with Crippen LogP contribution in [-0.4, -0.2) is 4.98 Å². The molecule has 0 bridgehead atoms. The Morgan fingerprint density at radius 1 is 0.933 bits per heavy atom. The third kappa shape index (κ3) is 2.64. The fraction of sp³-hybridized carbons (Fsp3) is 0.154. The third-order valence-electron chi connectivity index (χ3n) is 2.35. The van der Waals surface area contributed by atoms with Crippen molar-refractivity contribution in [1.82, 2.24) is 4.98 Å². The van der Waals surface area contributed by atoms with Gasteiger partial charge in [0.2, 0.25) is 0 Å². The summed E-state index contributed by atoms with van der Waals surface area (Å²) in [5, 5.41) is 0. The van der Waals surface area contributed by atoms with Crippen LogP contribution >= 0.6 is 0 Å². The van der Waals surface area contributed by atoms with Gasteiger partial charge in [0, 0.05) is 12.7 Å². The van der Waals surface area contributed by atoms with Crippen molar-refractivity contribution in [2.45, 2.75) is 13.0 Å². The van der Waals surface area contributed by atoms with Crippen molar-refractivity contribution in [2.75, 3.05) is 0 Å². The van der Waals surface area contributed by atoms with Crippen LogP contribution in [0.25, 0.3) is 0 Å². The molecule has 0 spiro atoms. The summed E-state index contributed by atoms with van der Waals surface area (Å²) >= 11 is 0. The molecule has 0 saturated carbocycles. The highest BCUT2D eigenvalue weighted by atomic mass is 14.7. The molecule has 15 heavy (non-hydrogen) atoms. The molecule has 0 atom stereocenters. The van der Waals surface area contributed by atoms with Crippen LogP contribution in [0.2, 0.25) is 0 Å². The average molecular weight is 198 g/mol. The minimum atomic E-state index is 0.506. The lowest BCUT2D eigenvalue weighted by molar-refractivity contribution is 0.976. The van der Waals surface area contributed by atoms with Crippen molar-refractivity contribution in [3.8, 4) is 0 Å². The van der Waals surface area contributed by atoms with Crippen LogP contribution < -0.4 is 5.73 Å². The van der Waals surface area contributed by atoms with E-state index in [1.807, 2.05) is 18.3 Å². The van der Waals surface area contributed by atoms with E-state index in [0.717, 1.165) is 12.1 Å².